The van der Waals surface area contributed by atoms with Crippen LogP contribution in [0.15, 0.2) is 30.6 Å². The lowest BCUT2D eigenvalue weighted by atomic mass is 10.1. The molecule has 2 aromatic rings. The third-order valence-corrected chi connectivity index (χ3v) is 4.44. The number of benzene rings is 1. The maximum atomic E-state index is 6.29. The summed E-state index contributed by atoms with van der Waals surface area (Å²) in [4.78, 5) is 8.61. The van der Waals surface area contributed by atoms with E-state index in [9.17, 15) is 0 Å². The van der Waals surface area contributed by atoms with Gasteiger partial charge in [0.25, 0.3) is 0 Å². The molecule has 1 aliphatic carbocycles. The lowest BCUT2D eigenvalue weighted by molar-refractivity contribution is 0.417. The number of nitrogens with two attached hydrogens (primary N) is 1. The highest BCUT2D eigenvalue weighted by Gasteiger charge is 2.16. The fourth-order valence-electron chi connectivity index (χ4n) is 3.10. The Labute approximate surface area is 142 Å². The van der Waals surface area contributed by atoms with Crippen LogP contribution in [0.1, 0.15) is 38.5 Å². The first kappa shape index (κ1) is 16.4. The molecule has 0 bridgehead atoms. The van der Waals surface area contributed by atoms with Gasteiger partial charge in [0.15, 0.2) is 11.6 Å². The Kier molecular flexibility index (Phi) is 5.36. The topological polar surface area (TPSA) is 85.1 Å². The summed E-state index contributed by atoms with van der Waals surface area (Å²) in [5.74, 6) is 2.04. The minimum absolute atomic E-state index is 0.434. The number of nitrogen functional groups attached to an aromatic ring is 1. The number of anilines is 4. The molecule has 1 heterocycles. The van der Waals surface area contributed by atoms with Crippen LogP contribution < -0.4 is 21.1 Å². The monoisotopic (exact) mass is 327 g/mol. The molecule has 1 aliphatic rings. The molecule has 24 heavy (non-hydrogen) atoms. The number of methoxy groups -OCH3 is 1. The number of hydrogen-bond donors (Lipinski definition) is 3. The van der Waals surface area contributed by atoms with E-state index < -0.39 is 0 Å². The first-order chi connectivity index (χ1) is 11.8. The molecule has 128 valence electrons. The van der Waals surface area contributed by atoms with Gasteiger partial charge in [-0.3, -0.25) is 0 Å². The van der Waals surface area contributed by atoms with Crippen molar-refractivity contribution in [2.24, 2.45) is 0 Å². The summed E-state index contributed by atoms with van der Waals surface area (Å²) >= 11 is 0. The zero-order valence-electron chi connectivity index (χ0n) is 14.1. The van der Waals surface area contributed by atoms with E-state index in [-0.39, 0.29) is 0 Å². The first-order valence-electron chi connectivity index (χ1n) is 8.55. The summed E-state index contributed by atoms with van der Waals surface area (Å²) < 4.78 is 5.36. The van der Waals surface area contributed by atoms with Gasteiger partial charge in [-0.1, -0.05) is 37.8 Å². The molecule has 6 heteroatoms. The van der Waals surface area contributed by atoms with Crippen molar-refractivity contribution in [2.45, 2.75) is 44.6 Å². The van der Waals surface area contributed by atoms with Crippen molar-refractivity contribution in [3.8, 4) is 5.75 Å². The average molecular weight is 327 g/mol. The molecule has 1 saturated carbocycles. The Morgan fingerprint density at radius 3 is 2.50 bits per heavy atom. The summed E-state index contributed by atoms with van der Waals surface area (Å²) in [6, 6.07) is 8.12. The highest BCUT2D eigenvalue weighted by Crippen LogP contribution is 2.31. The van der Waals surface area contributed by atoms with E-state index in [4.69, 9.17) is 10.5 Å². The van der Waals surface area contributed by atoms with Crippen LogP contribution in [0.2, 0.25) is 0 Å². The molecule has 0 atom stereocenters. The van der Waals surface area contributed by atoms with Crippen LogP contribution in [0.5, 0.6) is 5.75 Å². The van der Waals surface area contributed by atoms with Gasteiger partial charge < -0.3 is 21.1 Å². The SMILES string of the molecule is COc1ccccc1Nc1ncnc(NC2CCCCCC2)c1N. The lowest BCUT2D eigenvalue weighted by Crippen LogP contribution is -2.20. The van der Waals surface area contributed by atoms with Gasteiger partial charge in [-0.2, -0.15) is 0 Å². The third-order valence-electron chi connectivity index (χ3n) is 4.44. The van der Waals surface area contributed by atoms with Gasteiger partial charge in [0.1, 0.15) is 17.8 Å². The molecule has 0 spiro atoms. The van der Waals surface area contributed by atoms with Crippen molar-refractivity contribution in [1.29, 1.82) is 0 Å². The Bertz CT molecular complexity index is 668. The molecule has 6 nitrogen and oxygen atoms in total. The quantitative estimate of drug-likeness (QED) is 0.721. The van der Waals surface area contributed by atoms with E-state index in [1.54, 1.807) is 7.11 Å². The van der Waals surface area contributed by atoms with E-state index >= 15 is 0 Å². The van der Waals surface area contributed by atoms with Crippen LogP contribution in [0.4, 0.5) is 23.0 Å². The molecule has 1 fully saturated rings. The Morgan fingerprint density at radius 2 is 1.75 bits per heavy atom. The van der Waals surface area contributed by atoms with Gasteiger partial charge in [0, 0.05) is 6.04 Å². The van der Waals surface area contributed by atoms with Crippen LogP contribution in [0.25, 0.3) is 0 Å². The molecule has 0 saturated heterocycles. The van der Waals surface area contributed by atoms with Crippen molar-refractivity contribution in [3.63, 3.8) is 0 Å². The summed E-state index contributed by atoms with van der Waals surface area (Å²) in [5.41, 5.74) is 7.65. The molecule has 0 amide bonds. The number of ether oxygens (including phenoxy) is 1. The fourth-order valence-corrected chi connectivity index (χ4v) is 3.10. The van der Waals surface area contributed by atoms with Crippen molar-refractivity contribution < 1.29 is 4.74 Å². The second kappa shape index (κ2) is 7.86. The molecular weight excluding hydrogens is 302 g/mol. The van der Waals surface area contributed by atoms with Crippen LogP contribution in [-0.2, 0) is 0 Å². The van der Waals surface area contributed by atoms with Crippen LogP contribution in [0, 0.1) is 0 Å². The molecule has 0 radical (unpaired) electrons. The number of rotatable bonds is 5. The molecule has 1 aromatic heterocycles. The second-order valence-corrected chi connectivity index (χ2v) is 6.14. The minimum Gasteiger partial charge on any atom is -0.495 e. The molecular formula is C18H25N5O. The van der Waals surface area contributed by atoms with E-state index in [0.29, 0.717) is 23.4 Å². The fraction of sp³-hybridized carbons (Fsp3) is 0.444. The van der Waals surface area contributed by atoms with Gasteiger partial charge >= 0.3 is 0 Å². The number of nitrogens with one attached hydrogen (secondary N) is 2. The maximum Gasteiger partial charge on any atom is 0.159 e. The predicted octanol–water partition coefficient (Wildman–Crippen LogP) is 3.95. The van der Waals surface area contributed by atoms with E-state index in [1.807, 2.05) is 24.3 Å². The molecule has 1 aromatic carbocycles. The first-order valence-corrected chi connectivity index (χ1v) is 8.55. The summed E-state index contributed by atoms with van der Waals surface area (Å²) in [5, 5.41) is 6.74. The number of aromatic nitrogens is 2. The maximum absolute atomic E-state index is 6.29. The lowest BCUT2D eigenvalue weighted by Gasteiger charge is -2.19. The van der Waals surface area contributed by atoms with Gasteiger partial charge in [-0.05, 0) is 25.0 Å². The summed E-state index contributed by atoms with van der Waals surface area (Å²) in [6.07, 6.45) is 9.02. The molecule has 0 unspecified atom stereocenters. The summed E-state index contributed by atoms with van der Waals surface area (Å²) in [7, 11) is 1.64. The average Bonchev–Trinajstić information content (AvgIpc) is 2.87. The van der Waals surface area contributed by atoms with Gasteiger partial charge in [-0.25, -0.2) is 9.97 Å². The van der Waals surface area contributed by atoms with Crippen LogP contribution in [-0.4, -0.2) is 23.1 Å². The van der Waals surface area contributed by atoms with E-state index in [1.165, 1.54) is 44.9 Å². The third kappa shape index (κ3) is 3.88. The van der Waals surface area contributed by atoms with Crippen molar-refractivity contribution in [3.05, 3.63) is 30.6 Å². The van der Waals surface area contributed by atoms with Gasteiger partial charge in [-0.15, -0.1) is 0 Å². The number of para-hydroxylation sites is 2. The number of nitrogens with zero attached hydrogens (tertiary/aromatic N) is 2. The Morgan fingerprint density at radius 1 is 1.04 bits per heavy atom. The van der Waals surface area contributed by atoms with Crippen molar-refractivity contribution in [1.82, 2.24) is 9.97 Å². The van der Waals surface area contributed by atoms with Gasteiger partial charge in [0.05, 0.1) is 12.8 Å². The van der Waals surface area contributed by atoms with E-state index in [0.717, 1.165) is 11.4 Å². The Balaban J connectivity index is 1.77. The number of hydrogen-bond acceptors (Lipinski definition) is 6. The predicted molar refractivity (Wildman–Crippen MR) is 97.8 cm³/mol. The largest absolute Gasteiger partial charge is 0.495 e. The minimum atomic E-state index is 0.434. The zero-order chi connectivity index (χ0) is 16.8. The standard InChI is InChI=1S/C18H25N5O/c1-24-15-11-7-6-10-14(15)23-18-16(19)17(20-12-21-18)22-13-8-4-2-3-5-9-13/h6-7,10-13H,2-5,8-9,19H2,1H3,(H2,20,21,22,23). The molecule has 3 rings (SSSR count). The van der Waals surface area contributed by atoms with E-state index in [2.05, 4.69) is 20.6 Å². The van der Waals surface area contributed by atoms with Crippen molar-refractivity contribution >= 4 is 23.0 Å². The summed E-state index contributed by atoms with van der Waals surface area (Å²) in [6.45, 7) is 0. The molecule has 4 N–H and O–H groups in total. The van der Waals surface area contributed by atoms with Gasteiger partial charge in [0.2, 0.25) is 0 Å². The molecule has 0 aliphatic heterocycles. The second-order valence-electron chi connectivity index (χ2n) is 6.14. The van der Waals surface area contributed by atoms with Crippen LogP contribution >= 0.6 is 0 Å². The normalized spacial score (nSPS) is 15.5. The zero-order valence-corrected chi connectivity index (χ0v) is 14.1. The van der Waals surface area contributed by atoms with Crippen molar-refractivity contribution in [2.75, 3.05) is 23.5 Å². The van der Waals surface area contributed by atoms with Crippen LogP contribution in [0.3, 0.4) is 0 Å². The highest BCUT2D eigenvalue weighted by atomic mass is 16.5. The smallest absolute Gasteiger partial charge is 0.159 e. The highest BCUT2D eigenvalue weighted by molar-refractivity contribution is 5.79. The Hall–Kier alpha value is -2.50.